The average molecular weight is 344 g/mol. The van der Waals surface area contributed by atoms with Crippen LogP contribution in [-0.2, 0) is 14.6 Å². The zero-order chi connectivity index (χ0) is 17.1. The number of carbonyl (C=O) groups excluding carboxylic acids is 1. The Morgan fingerprint density at radius 2 is 1.48 bits per heavy atom. The average Bonchev–Trinajstić information content (AvgIpc) is 2.49. The first-order valence-electron chi connectivity index (χ1n) is 9.10. The molecular weight excluding hydrogens is 310 g/mol. The molecule has 0 radical (unpaired) electrons. The van der Waals surface area contributed by atoms with Crippen molar-refractivity contribution in [2.24, 2.45) is 0 Å². The maximum Gasteiger partial charge on any atom is 0.238 e. The Morgan fingerprint density at radius 3 is 1.91 bits per heavy atom. The van der Waals surface area contributed by atoms with Crippen LogP contribution in [-0.4, -0.2) is 31.4 Å². The minimum Gasteiger partial charge on any atom is -0.352 e. The molecule has 0 heterocycles. The quantitative estimate of drug-likeness (QED) is 0.773. The Bertz CT molecular complexity index is 447. The Morgan fingerprint density at radius 1 is 1.04 bits per heavy atom. The summed E-state index contributed by atoms with van der Waals surface area (Å²) in [5.41, 5.74) is 0. The van der Waals surface area contributed by atoms with Crippen molar-refractivity contribution in [3.8, 4) is 0 Å². The molecule has 0 spiro atoms. The predicted octanol–water partition coefficient (Wildman–Crippen LogP) is 3.77. The van der Waals surface area contributed by atoms with Crippen molar-refractivity contribution < 1.29 is 13.2 Å². The SMILES string of the molecule is C=CCS(=O)(=O)C(C)C(=O)NC1CCCCCCCCCCC1. The smallest absolute Gasteiger partial charge is 0.238 e. The molecular formula is C18H33NO3S. The first-order valence-corrected chi connectivity index (χ1v) is 10.8. The lowest BCUT2D eigenvalue weighted by molar-refractivity contribution is -0.121. The van der Waals surface area contributed by atoms with Crippen LogP contribution in [0.25, 0.3) is 0 Å². The largest absolute Gasteiger partial charge is 0.352 e. The van der Waals surface area contributed by atoms with E-state index < -0.39 is 15.1 Å². The van der Waals surface area contributed by atoms with Crippen LogP contribution in [0.5, 0.6) is 0 Å². The van der Waals surface area contributed by atoms with Crippen molar-refractivity contribution in [2.45, 2.75) is 88.8 Å². The number of rotatable bonds is 5. The molecule has 0 bridgehead atoms. The van der Waals surface area contributed by atoms with E-state index in [4.69, 9.17) is 0 Å². The summed E-state index contributed by atoms with van der Waals surface area (Å²) >= 11 is 0. The molecule has 1 fully saturated rings. The van der Waals surface area contributed by atoms with Crippen LogP contribution in [0.15, 0.2) is 12.7 Å². The minimum atomic E-state index is -3.43. The molecule has 1 N–H and O–H groups in total. The molecule has 0 saturated heterocycles. The summed E-state index contributed by atoms with van der Waals surface area (Å²) in [6, 6.07) is 0.114. The van der Waals surface area contributed by atoms with Gasteiger partial charge in [-0.05, 0) is 19.8 Å². The maximum absolute atomic E-state index is 12.3. The number of sulfone groups is 1. The van der Waals surface area contributed by atoms with Gasteiger partial charge in [-0.1, -0.05) is 63.9 Å². The van der Waals surface area contributed by atoms with Crippen LogP contribution in [0, 0.1) is 0 Å². The van der Waals surface area contributed by atoms with E-state index >= 15 is 0 Å². The predicted molar refractivity (Wildman–Crippen MR) is 96.2 cm³/mol. The van der Waals surface area contributed by atoms with Crippen molar-refractivity contribution in [1.82, 2.24) is 5.32 Å². The number of nitrogens with one attached hydrogen (secondary N) is 1. The monoisotopic (exact) mass is 343 g/mol. The Labute approximate surface area is 142 Å². The van der Waals surface area contributed by atoms with Gasteiger partial charge in [0.25, 0.3) is 0 Å². The van der Waals surface area contributed by atoms with Gasteiger partial charge in [0.05, 0.1) is 5.75 Å². The number of carbonyl (C=O) groups is 1. The summed E-state index contributed by atoms with van der Waals surface area (Å²) in [5.74, 6) is -0.504. The molecule has 1 unspecified atom stereocenters. The first-order chi connectivity index (χ1) is 11.0. The van der Waals surface area contributed by atoms with Crippen LogP contribution in [0.1, 0.15) is 77.6 Å². The van der Waals surface area contributed by atoms with E-state index in [-0.39, 0.29) is 17.7 Å². The highest BCUT2D eigenvalue weighted by molar-refractivity contribution is 7.92. The second-order valence-electron chi connectivity index (χ2n) is 6.73. The molecule has 1 aliphatic rings. The third-order valence-electron chi connectivity index (χ3n) is 4.71. The van der Waals surface area contributed by atoms with Crippen LogP contribution >= 0.6 is 0 Å². The van der Waals surface area contributed by atoms with Crippen molar-refractivity contribution in [1.29, 1.82) is 0 Å². The summed E-state index contributed by atoms with van der Waals surface area (Å²) in [6.45, 7) is 4.93. The molecule has 4 nitrogen and oxygen atoms in total. The highest BCUT2D eigenvalue weighted by Gasteiger charge is 2.28. The number of hydrogen-bond donors (Lipinski definition) is 1. The lowest BCUT2D eigenvalue weighted by Crippen LogP contribution is -2.44. The number of hydrogen-bond acceptors (Lipinski definition) is 3. The highest BCUT2D eigenvalue weighted by Crippen LogP contribution is 2.17. The molecule has 1 rings (SSSR count). The third-order valence-corrected chi connectivity index (χ3v) is 6.70. The van der Waals surface area contributed by atoms with Gasteiger partial charge >= 0.3 is 0 Å². The fourth-order valence-electron chi connectivity index (χ4n) is 3.10. The first kappa shape index (κ1) is 20.2. The van der Waals surface area contributed by atoms with Crippen molar-refractivity contribution in [2.75, 3.05) is 5.75 Å². The van der Waals surface area contributed by atoms with Crippen molar-refractivity contribution in [3.63, 3.8) is 0 Å². The topological polar surface area (TPSA) is 63.2 Å². The van der Waals surface area contributed by atoms with Gasteiger partial charge in [-0.15, -0.1) is 6.58 Å². The zero-order valence-electron chi connectivity index (χ0n) is 14.6. The minimum absolute atomic E-state index is 0.114. The molecule has 1 atom stereocenters. The van der Waals surface area contributed by atoms with Crippen LogP contribution < -0.4 is 5.32 Å². The second-order valence-corrected chi connectivity index (χ2v) is 9.09. The second kappa shape index (κ2) is 10.8. The molecule has 1 amide bonds. The summed E-state index contributed by atoms with van der Waals surface area (Å²) < 4.78 is 24.0. The van der Waals surface area contributed by atoms with E-state index in [1.165, 1.54) is 57.9 Å². The van der Waals surface area contributed by atoms with Crippen LogP contribution in [0.4, 0.5) is 0 Å². The van der Waals surface area contributed by atoms with Gasteiger partial charge in [0, 0.05) is 6.04 Å². The van der Waals surface area contributed by atoms with Gasteiger partial charge in [0.1, 0.15) is 5.25 Å². The van der Waals surface area contributed by atoms with Crippen molar-refractivity contribution >= 4 is 15.7 Å². The molecule has 5 heteroatoms. The lowest BCUT2D eigenvalue weighted by atomic mass is 9.98. The Hall–Kier alpha value is -0.840. The van der Waals surface area contributed by atoms with Gasteiger partial charge in [0.2, 0.25) is 5.91 Å². The molecule has 1 saturated carbocycles. The van der Waals surface area contributed by atoms with E-state index in [1.54, 1.807) is 0 Å². The standard InChI is InChI=1S/C18H33NO3S/c1-3-15-23(21,22)16(2)18(20)19-17-13-11-9-7-5-4-6-8-10-12-14-17/h3,16-17H,1,4-15H2,2H3,(H,19,20). The highest BCUT2D eigenvalue weighted by atomic mass is 32.2. The fourth-order valence-corrected chi connectivity index (χ4v) is 4.11. The van der Waals surface area contributed by atoms with E-state index in [0.717, 1.165) is 25.7 Å². The van der Waals surface area contributed by atoms with Crippen molar-refractivity contribution in [3.05, 3.63) is 12.7 Å². The molecule has 0 aromatic rings. The molecule has 0 aliphatic heterocycles. The van der Waals surface area contributed by atoms with Gasteiger partial charge < -0.3 is 5.32 Å². The summed E-state index contributed by atoms with van der Waals surface area (Å²) in [4.78, 5) is 12.3. The van der Waals surface area contributed by atoms with Gasteiger partial charge in [0.15, 0.2) is 9.84 Å². The maximum atomic E-state index is 12.3. The van der Waals surface area contributed by atoms with E-state index in [1.807, 2.05) is 0 Å². The Kier molecular flexibility index (Phi) is 9.53. The fraction of sp³-hybridized carbons (Fsp3) is 0.833. The van der Waals surface area contributed by atoms with E-state index in [9.17, 15) is 13.2 Å². The van der Waals surface area contributed by atoms with E-state index in [0.29, 0.717) is 0 Å². The molecule has 0 aromatic carbocycles. The molecule has 0 aromatic heterocycles. The van der Waals surface area contributed by atoms with Gasteiger partial charge in [-0.2, -0.15) is 0 Å². The zero-order valence-corrected chi connectivity index (χ0v) is 15.4. The van der Waals surface area contributed by atoms with Crippen LogP contribution in [0.3, 0.4) is 0 Å². The summed E-state index contributed by atoms with van der Waals surface area (Å²) in [7, 11) is -3.43. The molecule has 1 aliphatic carbocycles. The van der Waals surface area contributed by atoms with Gasteiger partial charge in [-0.3, -0.25) is 4.79 Å². The third kappa shape index (κ3) is 8.00. The molecule has 134 valence electrons. The lowest BCUT2D eigenvalue weighted by Gasteiger charge is -2.21. The normalized spacial score (nSPS) is 20.7. The number of amides is 1. The van der Waals surface area contributed by atoms with Crippen LogP contribution in [0.2, 0.25) is 0 Å². The van der Waals surface area contributed by atoms with E-state index in [2.05, 4.69) is 11.9 Å². The summed E-state index contributed by atoms with van der Waals surface area (Å²) in [6.07, 6.45) is 14.4. The Balaban J connectivity index is 2.55. The van der Waals surface area contributed by atoms with Gasteiger partial charge in [-0.25, -0.2) is 8.42 Å². The summed E-state index contributed by atoms with van der Waals surface area (Å²) in [5, 5.41) is 1.98. The molecule has 23 heavy (non-hydrogen) atoms.